The SMILES string of the molecule is Cn1cncc1[C@@H]1C[C@H]1NC(=O)C1(O)CCc2cc(Br)ccc2C1. The minimum Gasteiger partial charge on any atom is -0.380 e. The molecule has 2 aliphatic rings. The molecular weight excluding hydrogens is 370 g/mol. The summed E-state index contributed by atoms with van der Waals surface area (Å²) in [4.78, 5) is 16.8. The standard InChI is InChI=1S/C18H20BrN3O2/c1-22-10-20-9-16(22)14-7-15(14)21-17(23)18(24)5-4-11-6-13(19)3-2-12(11)8-18/h2-3,6,9-10,14-15,24H,4-5,7-8H2,1H3,(H,21,23)/t14-,15-,18?/m1/s1. The maximum atomic E-state index is 12.7. The van der Waals surface area contributed by atoms with Crippen molar-refractivity contribution in [1.29, 1.82) is 0 Å². The lowest BCUT2D eigenvalue weighted by molar-refractivity contribution is -0.141. The number of aliphatic hydroxyl groups is 1. The Kier molecular flexibility index (Phi) is 3.77. The number of nitrogens with one attached hydrogen (secondary N) is 1. The minimum absolute atomic E-state index is 0.100. The van der Waals surface area contributed by atoms with Crippen LogP contribution in [0.5, 0.6) is 0 Å². The van der Waals surface area contributed by atoms with Crippen LogP contribution in [0.25, 0.3) is 0 Å². The van der Waals surface area contributed by atoms with Gasteiger partial charge in [-0.05, 0) is 42.5 Å². The molecule has 2 aliphatic carbocycles. The molecule has 1 heterocycles. The van der Waals surface area contributed by atoms with E-state index in [0.29, 0.717) is 25.2 Å². The zero-order valence-electron chi connectivity index (χ0n) is 13.5. The Morgan fingerprint density at radius 1 is 1.46 bits per heavy atom. The maximum absolute atomic E-state index is 12.7. The molecule has 0 bridgehead atoms. The van der Waals surface area contributed by atoms with E-state index in [-0.39, 0.29) is 11.9 Å². The van der Waals surface area contributed by atoms with Crippen molar-refractivity contribution in [2.24, 2.45) is 7.05 Å². The van der Waals surface area contributed by atoms with Gasteiger partial charge in [-0.2, -0.15) is 0 Å². The number of rotatable bonds is 3. The molecule has 5 nitrogen and oxygen atoms in total. The topological polar surface area (TPSA) is 67.2 Å². The molecule has 4 rings (SSSR count). The molecule has 1 aromatic carbocycles. The number of fused-ring (bicyclic) bond motifs is 1. The summed E-state index contributed by atoms with van der Waals surface area (Å²) >= 11 is 3.47. The van der Waals surface area contributed by atoms with Crippen molar-refractivity contribution in [1.82, 2.24) is 14.9 Å². The summed E-state index contributed by atoms with van der Waals surface area (Å²) in [5, 5.41) is 13.9. The lowest BCUT2D eigenvalue weighted by atomic mass is 9.80. The Hall–Kier alpha value is -1.66. The zero-order chi connectivity index (χ0) is 16.9. The molecule has 2 aromatic rings. The van der Waals surface area contributed by atoms with Gasteiger partial charge in [-0.15, -0.1) is 0 Å². The molecule has 1 aromatic heterocycles. The second kappa shape index (κ2) is 5.70. The third kappa shape index (κ3) is 2.78. The van der Waals surface area contributed by atoms with E-state index in [9.17, 15) is 9.90 Å². The van der Waals surface area contributed by atoms with Crippen LogP contribution < -0.4 is 5.32 Å². The van der Waals surface area contributed by atoms with Gasteiger partial charge in [-0.1, -0.05) is 22.0 Å². The third-order valence-electron chi connectivity index (χ3n) is 5.22. The molecule has 0 aliphatic heterocycles. The largest absolute Gasteiger partial charge is 0.380 e. The number of hydrogen-bond donors (Lipinski definition) is 2. The summed E-state index contributed by atoms with van der Waals surface area (Å²) in [5.74, 6) is 0.0580. The summed E-state index contributed by atoms with van der Waals surface area (Å²) in [6, 6.07) is 6.13. The van der Waals surface area contributed by atoms with E-state index in [1.165, 1.54) is 5.56 Å². The Bertz CT molecular complexity index is 803. The fourth-order valence-corrected chi connectivity index (χ4v) is 4.06. The number of nitrogens with zero attached hydrogens (tertiary/aromatic N) is 2. The van der Waals surface area contributed by atoms with Crippen LogP contribution in [0, 0.1) is 0 Å². The number of carbonyl (C=O) groups is 1. The number of halogens is 1. The summed E-state index contributed by atoms with van der Waals surface area (Å²) in [6.07, 6.45) is 6.09. The second-order valence-corrected chi connectivity index (χ2v) is 7.89. The van der Waals surface area contributed by atoms with E-state index in [1.54, 1.807) is 6.33 Å². The lowest BCUT2D eigenvalue weighted by Crippen LogP contribution is -2.51. The summed E-state index contributed by atoms with van der Waals surface area (Å²) in [6.45, 7) is 0. The summed E-state index contributed by atoms with van der Waals surface area (Å²) < 4.78 is 3.02. The van der Waals surface area contributed by atoms with Gasteiger partial charge in [0.25, 0.3) is 5.91 Å². The van der Waals surface area contributed by atoms with E-state index >= 15 is 0 Å². The van der Waals surface area contributed by atoms with E-state index in [1.807, 2.05) is 29.9 Å². The molecule has 0 saturated heterocycles. The number of aryl methyl sites for hydroxylation is 2. The van der Waals surface area contributed by atoms with Crippen molar-refractivity contribution in [3.8, 4) is 0 Å². The van der Waals surface area contributed by atoms with Crippen molar-refractivity contribution >= 4 is 21.8 Å². The molecule has 1 saturated carbocycles. The van der Waals surface area contributed by atoms with Crippen LogP contribution in [0.2, 0.25) is 0 Å². The van der Waals surface area contributed by atoms with Gasteiger partial charge in [0.1, 0.15) is 5.60 Å². The number of amides is 1. The van der Waals surface area contributed by atoms with Crippen molar-refractivity contribution in [2.45, 2.75) is 43.2 Å². The molecule has 1 unspecified atom stereocenters. The van der Waals surface area contributed by atoms with Gasteiger partial charge in [0.05, 0.1) is 6.33 Å². The lowest BCUT2D eigenvalue weighted by Gasteiger charge is -2.32. The second-order valence-electron chi connectivity index (χ2n) is 6.97. The molecule has 126 valence electrons. The number of imidazole rings is 1. The minimum atomic E-state index is -1.31. The molecule has 0 radical (unpaired) electrons. The first-order valence-electron chi connectivity index (χ1n) is 8.23. The van der Waals surface area contributed by atoms with Crippen molar-refractivity contribution < 1.29 is 9.90 Å². The average molecular weight is 390 g/mol. The molecule has 2 N–H and O–H groups in total. The third-order valence-corrected chi connectivity index (χ3v) is 5.72. The van der Waals surface area contributed by atoms with Gasteiger partial charge < -0.3 is 15.0 Å². The van der Waals surface area contributed by atoms with Crippen molar-refractivity contribution in [2.75, 3.05) is 0 Å². The Balaban J connectivity index is 1.44. The van der Waals surface area contributed by atoms with Gasteiger partial charge in [-0.25, -0.2) is 4.98 Å². The fraction of sp³-hybridized carbons (Fsp3) is 0.444. The molecule has 6 heteroatoms. The van der Waals surface area contributed by atoms with Gasteiger partial charge >= 0.3 is 0 Å². The van der Waals surface area contributed by atoms with E-state index in [0.717, 1.165) is 22.2 Å². The molecule has 1 fully saturated rings. The first-order chi connectivity index (χ1) is 11.5. The van der Waals surface area contributed by atoms with Gasteiger partial charge in [0, 0.05) is 41.8 Å². The van der Waals surface area contributed by atoms with E-state index in [2.05, 4.69) is 32.3 Å². The average Bonchev–Trinajstić information content (AvgIpc) is 3.17. The highest BCUT2D eigenvalue weighted by atomic mass is 79.9. The van der Waals surface area contributed by atoms with Crippen molar-refractivity contribution in [3.05, 3.63) is 52.0 Å². The van der Waals surface area contributed by atoms with Crippen LogP contribution in [0.3, 0.4) is 0 Å². The smallest absolute Gasteiger partial charge is 0.252 e. The number of benzene rings is 1. The number of hydrogen-bond acceptors (Lipinski definition) is 3. The maximum Gasteiger partial charge on any atom is 0.252 e. The predicted octanol–water partition coefficient (Wildman–Crippen LogP) is 2.07. The van der Waals surface area contributed by atoms with Crippen LogP contribution in [0.1, 0.15) is 35.6 Å². The molecular formula is C18H20BrN3O2. The van der Waals surface area contributed by atoms with Gasteiger partial charge in [0.2, 0.25) is 0 Å². The van der Waals surface area contributed by atoms with E-state index in [4.69, 9.17) is 0 Å². The van der Waals surface area contributed by atoms with Gasteiger partial charge in [-0.3, -0.25) is 4.79 Å². The van der Waals surface area contributed by atoms with Crippen LogP contribution in [0.4, 0.5) is 0 Å². The molecule has 24 heavy (non-hydrogen) atoms. The Labute approximate surface area is 149 Å². The molecule has 3 atom stereocenters. The van der Waals surface area contributed by atoms with Crippen LogP contribution in [-0.4, -0.2) is 32.2 Å². The summed E-state index contributed by atoms with van der Waals surface area (Å²) in [7, 11) is 1.96. The highest BCUT2D eigenvalue weighted by Crippen LogP contribution is 2.41. The van der Waals surface area contributed by atoms with Crippen LogP contribution in [-0.2, 0) is 24.7 Å². The normalized spacial score (nSPS) is 28.3. The monoisotopic (exact) mass is 389 g/mol. The Morgan fingerprint density at radius 2 is 2.29 bits per heavy atom. The molecule has 0 spiro atoms. The van der Waals surface area contributed by atoms with Crippen LogP contribution in [0.15, 0.2) is 35.2 Å². The highest BCUT2D eigenvalue weighted by molar-refractivity contribution is 9.10. The summed E-state index contributed by atoms with van der Waals surface area (Å²) in [5.41, 5.74) is 2.09. The fourth-order valence-electron chi connectivity index (χ4n) is 3.65. The predicted molar refractivity (Wildman–Crippen MR) is 93.6 cm³/mol. The van der Waals surface area contributed by atoms with Crippen LogP contribution >= 0.6 is 15.9 Å². The highest BCUT2D eigenvalue weighted by Gasteiger charge is 2.46. The first kappa shape index (κ1) is 15.8. The Morgan fingerprint density at radius 3 is 3.04 bits per heavy atom. The first-order valence-corrected chi connectivity index (χ1v) is 9.02. The van der Waals surface area contributed by atoms with Gasteiger partial charge in [0.15, 0.2) is 0 Å². The van der Waals surface area contributed by atoms with E-state index < -0.39 is 5.60 Å². The molecule has 1 amide bonds. The zero-order valence-corrected chi connectivity index (χ0v) is 15.1. The number of aromatic nitrogens is 2. The van der Waals surface area contributed by atoms with Crippen molar-refractivity contribution in [3.63, 3.8) is 0 Å². The quantitative estimate of drug-likeness (QED) is 0.844. The number of carbonyl (C=O) groups excluding carboxylic acids is 1.